The summed E-state index contributed by atoms with van der Waals surface area (Å²) in [6.45, 7) is 3.06. The van der Waals surface area contributed by atoms with Crippen LogP contribution in [-0.2, 0) is 0 Å². The summed E-state index contributed by atoms with van der Waals surface area (Å²) in [5.41, 5.74) is 0. The normalized spacial score (nSPS) is 9.83. The lowest BCUT2D eigenvalue weighted by atomic mass is 10.1. The molecule has 0 fully saturated rings. The molecule has 0 atom stereocenters. The molecule has 0 aliphatic carbocycles. The Balaban J connectivity index is 2.86. The lowest BCUT2D eigenvalue weighted by Crippen LogP contribution is -2.16. The fourth-order valence-corrected chi connectivity index (χ4v) is 1.36. The second-order valence-corrected chi connectivity index (χ2v) is 3.95. The van der Waals surface area contributed by atoms with Crippen molar-refractivity contribution < 1.29 is 4.79 Å². The molecule has 3 heteroatoms. The quantitative estimate of drug-likeness (QED) is 0.329. The van der Waals surface area contributed by atoms with Crippen LogP contribution in [0.4, 0.5) is 4.79 Å². The van der Waals surface area contributed by atoms with E-state index < -0.39 is 0 Å². The number of amides is 1. The van der Waals surface area contributed by atoms with E-state index in [0.29, 0.717) is 0 Å². The summed E-state index contributed by atoms with van der Waals surface area (Å²) in [5, 5.41) is 2.78. The number of rotatable bonds is 7. The van der Waals surface area contributed by atoms with Crippen molar-refractivity contribution in [3.05, 3.63) is 0 Å². The Hall–Kier alpha value is 0.200. The topological polar surface area (TPSA) is 29.1 Å². The van der Waals surface area contributed by atoms with Crippen LogP contribution in [0.1, 0.15) is 45.4 Å². The van der Waals surface area contributed by atoms with Crippen LogP contribution in [0.25, 0.3) is 0 Å². The molecule has 0 radical (unpaired) electrons. The van der Waals surface area contributed by atoms with Gasteiger partial charge in [-0.3, -0.25) is 4.79 Å². The predicted octanol–water partition coefficient (Wildman–Crippen LogP) is 3.49. The van der Waals surface area contributed by atoms with E-state index in [1.807, 2.05) is 0 Å². The Kier molecular flexibility index (Phi) is 9.44. The minimum Gasteiger partial charge on any atom is -0.348 e. The second-order valence-electron chi connectivity index (χ2n) is 2.97. The summed E-state index contributed by atoms with van der Waals surface area (Å²) in [5.74, 6) is 0. The third kappa shape index (κ3) is 10.2. The molecule has 0 spiro atoms. The fraction of sp³-hybridized carbons (Fsp3) is 0.889. The molecule has 0 aromatic carbocycles. The Labute approximate surface area is 88.6 Å². The Morgan fingerprint density at radius 2 is 1.75 bits per heavy atom. The average Bonchev–Trinajstić information content (AvgIpc) is 2.02. The Morgan fingerprint density at radius 3 is 2.33 bits per heavy atom. The summed E-state index contributed by atoms with van der Waals surface area (Å²) < 4.78 is 0.0566. The van der Waals surface area contributed by atoms with Crippen molar-refractivity contribution in [2.24, 2.45) is 0 Å². The minimum absolute atomic E-state index is 0.0566. The van der Waals surface area contributed by atoms with Crippen molar-refractivity contribution in [3.8, 4) is 0 Å². The minimum atomic E-state index is 0.0566. The van der Waals surface area contributed by atoms with Gasteiger partial charge in [0.2, 0.25) is 0 Å². The SMILES string of the molecule is CCCCCCCCNC(=O)I. The van der Waals surface area contributed by atoms with Crippen molar-refractivity contribution in [1.82, 2.24) is 5.32 Å². The van der Waals surface area contributed by atoms with Crippen molar-refractivity contribution >= 4 is 26.5 Å². The first-order valence-corrected chi connectivity index (χ1v) is 5.78. The van der Waals surface area contributed by atoms with Crippen LogP contribution in [0.5, 0.6) is 0 Å². The van der Waals surface area contributed by atoms with Gasteiger partial charge in [0.1, 0.15) is 0 Å². The zero-order valence-electron chi connectivity index (χ0n) is 7.74. The van der Waals surface area contributed by atoms with Gasteiger partial charge >= 0.3 is 0 Å². The Morgan fingerprint density at radius 1 is 1.17 bits per heavy atom. The first-order chi connectivity index (χ1) is 5.77. The summed E-state index contributed by atoms with van der Waals surface area (Å²) in [6, 6.07) is 0. The highest BCUT2D eigenvalue weighted by Crippen LogP contribution is 2.04. The zero-order valence-corrected chi connectivity index (χ0v) is 9.89. The molecule has 0 aliphatic rings. The number of unbranched alkanes of at least 4 members (excludes halogenated alkanes) is 5. The van der Waals surface area contributed by atoms with E-state index in [4.69, 9.17) is 0 Å². The van der Waals surface area contributed by atoms with Gasteiger partial charge in [0.15, 0.2) is 0 Å². The zero-order chi connectivity index (χ0) is 9.23. The number of nitrogens with one attached hydrogen (secondary N) is 1. The van der Waals surface area contributed by atoms with Gasteiger partial charge in [0.05, 0.1) is 0 Å². The maximum atomic E-state index is 10.5. The van der Waals surface area contributed by atoms with E-state index in [-0.39, 0.29) is 3.91 Å². The molecule has 0 aromatic rings. The second kappa shape index (κ2) is 9.29. The highest BCUT2D eigenvalue weighted by Gasteiger charge is 1.92. The molecule has 12 heavy (non-hydrogen) atoms. The highest BCUT2D eigenvalue weighted by molar-refractivity contribution is 14.1. The maximum Gasteiger partial charge on any atom is 0.280 e. The van der Waals surface area contributed by atoms with Crippen LogP contribution in [0, 0.1) is 0 Å². The Bertz CT molecular complexity index is 117. The smallest absolute Gasteiger partial charge is 0.280 e. The largest absolute Gasteiger partial charge is 0.348 e. The molecule has 0 heterocycles. The molecular weight excluding hydrogens is 265 g/mol. The fourth-order valence-electron chi connectivity index (χ4n) is 1.09. The molecule has 1 amide bonds. The monoisotopic (exact) mass is 283 g/mol. The molecule has 0 bridgehead atoms. The molecule has 0 unspecified atom stereocenters. The first-order valence-electron chi connectivity index (χ1n) is 4.70. The third-order valence-corrected chi connectivity index (χ3v) is 2.18. The van der Waals surface area contributed by atoms with Gasteiger partial charge in [-0.2, -0.15) is 0 Å². The number of carbonyl (C=O) groups excluding carboxylic acids is 1. The first kappa shape index (κ1) is 12.2. The van der Waals surface area contributed by atoms with Gasteiger partial charge < -0.3 is 5.32 Å². The van der Waals surface area contributed by atoms with E-state index in [1.165, 1.54) is 32.1 Å². The van der Waals surface area contributed by atoms with Crippen LogP contribution in [0.3, 0.4) is 0 Å². The third-order valence-electron chi connectivity index (χ3n) is 1.79. The van der Waals surface area contributed by atoms with Gasteiger partial charge in [-0.15, -0.1) is 0 Å². The van der Waals surface area contributed by atoms with Gasteiger partial charge in [-0.25, -0.2) is 0 Å². The lowest BCUT2D eigenvalue weighted by Gasteiger charge is -2.00. The van der Waals surface area contributed by atoms with E-state index in [9.17, 15) is 4.79 Å². The van der Waals surface area contributed by atoms with E-state index in [0.717, 1.165) is 13.0 Å². The summed E-state index contributed by atoms with van der Waals surface area (Å²) >= 11 is 1.77. The van der Waals surface area contributed by atoms with Crippen molar-refractivity contribution in [2.45, 2.75) is 45.4 Å². The molecule has 0 rings (SSSR count). The standard InChI is InChI=1S/C9H18INO/c1-2-3-4-5-6-7-8-11-9(10)12/h2-8H2,1H3,(H,11,12). The number of carbonyl (C=O) groups is 1. The average molecular weight is 283 g/mol. The number of hydrogen-bond donors (Lipinski definition) is 1. The van der Waals surface area contributed by atoms with Crippen molar-refractivity contribution in [2.75, 3.05) is 6.54 Å². The van der Waals surface area contributed by atoms with Crippen molar-refractivity contribution in [3.63, 3.8) is 0 Å². The molecule has 0 aliphatic heterocycles. The van der Waals surface area contributed by atoms with Crippen LogP contribution >= 0.6 is 22.6 Å². The molecule has 0 saturated heterocycles. The number of halogens is 1. The lowest BCUT2D eigenvalue weighted by molar-refractivity contribution is 0.263. The highest BCUT2D eigenvalue weighted by atomic mass is 127. The predicted molar refractivity (Wildman–Crippen MR) is 60.8 cm³/mol. The molecular formula is C9H18INO. The maximum absolute atomic E-state index is 10.5. The summed E-state index contributed by atoms with van der Waals surface area (Å²) in [6.07, 6.45) is 7.66. The summed E-state index contributed by atoms with van der Waals surface area (Å²) in [4.78, 5) is 10.5. The molecule has 1 N–H and O–H groups in total. The van der Waals surface area contributed by atoms with E-state index in [2.05, 4.69) is 12.2 Å². The van der Waals surface area contributed by atoms with Crippen LogP contribution in [0.2, 0.25) is 0 Å². The van der Waals surface area contributed by atoms with E-state index >= 15 is 0 Å². The van der Waals surface area contributed by atoms with Crippen molar-refractivity contribution in [1.29, 1.82) is 0 Å². The van der Waals surface area contributed by atoms with E-state index in [1.54, 1.807) is 22.6 Å². The molecule has 0 aromatic heterocycles. The summed E-state index contributed by atoms with van der Waals surface area (Å²) in [7, 11) is 0. The van der Waals surface area contributed by atoms with Gasteiger partial charge in [-0.1, -0.05) is 39.0 Å². The number of hydrogen-bond acceptors (Lipinski definition) is 1. The van der Waals surface area contributed by atoms with Gasteiger partial charge in [0.25, 0.3) is 3.91 Å². The van der Waals surface area contributed by atoms with Crippen LogP contribution in [-0.4, -0.2) is 10.5 Å². The molecule has 0 saturated carbocycles. The van der Waals surface area contributed by atoms with Crippen LogP contribution < -0.4 is 5.32 Å². The van der Waals surface area contributed by atoms with Gasteiger partial charge in [-0.05, 0) is 6.42 Å². The van der Waals surface area contributed by atoms with Gasteiger partial charge in [0, 0.05) is 29.1 Å². The van der Waals surface area contributed by atoms with Crippen LogP contribution in [0.15, 0.2) is 0 Å². The molecule has 72 valence electrons. The molecule has 2 nitrogen and oxygen atoms in total.